The van der Waals surface area contributed by atoms with Gasteiger partial charge in [-0.15, -0.1) is 0 Å². The zero-order valence-electron chi connectivity index (χ0n) is 14.8. The van der Waals surface area contributed by atoms with E-state index in [4.69, 9.17) is 9.47 Å². The van der Waals surface area contributed by atoms with E-state index in [9.17, 15) is 4.79 Å². The highest BCUT2D eigenvalue weighted by atomic mass is 16.5. The van der Waals surface area contributed by atoms with E-state index in [0.717, 1.165) is 12.0 Å². The lowest BCUT2D eigenvalue weighted by Crippen LogP contribution is -2.34. The van der Waals surface area contributed by atoms with E-state index < -0.39 is 6.04 Å². The van der Waals surface area contributed by atoms with Crippen molar-refractivity contribution in [3.63, 3.8) is 0 Å². The number of rotatable bonds is 10. The van der Waals surface area contributed by atoms with Crippen LogP contribution in [0, 0.1) is 0 Å². The molecule has 0 heterocycles. The van der Waals surface area contributed by atoms with Crippen molar-refractivity contribution in [2.45, 2.75) is 19.4 Å². The summed E-state index contributed by atoms with van der Waals surface area (Å²) in [5.74, 6) is 0.606. The van der Waals surface area contributed by atoms with Crippen molar-refractivity contribution in [3.05, 3.63) is 60.2 Å². The van der Waals surface area contributed by atoms with Crippen molar-refractivity contribution in [1.82, 2.24) is 5.32 Å². The molecule has 0 radical (unpaired) electrons. The summed E-state index contributed by atoms with van der Waals surface area (Å²) in [6.07, 6.45) is 0.851. The Labute approximate surface area is 149 Å². The molecule has 1 amide bonds. The molecular weight excluding hydrogens is 316 g/mol. The van der Waals surface area contributed by atoms with E-state index in [1.807, 2.05) is 55.5 Å². The molecule has 0 aliphatic rings. The van der Waals surface area contributed by atoms with Crippen LogP contribution in [0.2, 0.25) is 0 Å². The number of methoxy groups -OCH3 is 1. The fraction of sp³-hybridized carbons (Fsp3) is 0.350. The molecule has 5 heteroatoms. The number of nitrogens with one attached hydrogen (secondary N) is 2. The third kappa shape index (κ3) is 6.21. The summed E-state index contributed by atoms with van der Waals surface area (Å²) < 4.78 is 10.6. The largest absolute Gasteiger partial charge is 0.497 e. The first-order chi connectivity index (χ1) is 12.2. The van der Waals surface area contributed by atoms with E-state index in [-0.39, 0.29) is 5.91 Å². The predicted molar refractivity (Wildman–Crippen MR) is 99.9 cm³/mol. The van der Waals surface area contributed by atoms with Crippen molar-refractivity contribution in [2.75, 3.05) is 32.2 Å². The van der Waals surface area contributed by atoms with Gasteiger partial charge >= 0.3 is 0 Å². The van der Waals surface area contributed by atoms with E-state index >= 15 is 0 Å². The number of ether oxygens (including phenoxy) is 2. The van der Waals surface area contributed by atoms with Gasteiger partial charge < -0.3 is 20.1 Å². The van der Waals surface area contributed by atoms with Gasteiger partial charge in [0.25, 0.3) is 0 Å². The number of carbonyl (C=O) groups excluding carboxylic acids is 1. The summed E-state index contributed by atoms with van der Waals surface area (Å²) in [6.45, 7) is 4.06. The molecule has 2 N–H and O–H groups in total. The van der Waals surface area contributed by atoms with Crippen LogP contribution in [0.25, 0.3) is 0 Å². The Balaban J connectivity index is 2.04. The lowest BCUT2D eigenvalue weighted by Gasteiger charge is -2.19. The van der Waals surface area contributed by atoms with Crippen molar-refractivity contribution in [1.29, 1.82) is 0 Å². The minimum atomic E-state index is -0.422. The molecule has 0 spiro atoms. The molecule has 134 valence electrons. The van der Waals surface area contributed by atoms with Gasteiger partial charge in [0, 0.05) is 25.0 Å². The zero-order chi connectivity index (χ0) is 17.9. The highest BCUT2D eigenvalue weighted by Crippen LogP contribution is 2.20. The van der Waals surface area contributed by atoms with Gasteiger partial charge in [-0.05, 0) is 37.6 Å². The summed E-state index contributed by atoms with van der Waals surface area (Å²) in [5, 5.41) is 6.27. The number of anilines is 1. The molecule has 25 heavy (non-hydrogen) atoms. The van der Waals surface area contributed by atoms with Gasteiger partial charge in [0.15, 0.2) is 0 Å². The van der Waals surface area contributed by atoms with Crippen molar-refractivity contribution in [3.8, 4) is 5.75 Å². The first kappa shape index (κ1) is 19.0. The Morgan fingerprint density at radius 1 is 1.12 bits per heavy atom. The van der Waals surface area contributed by atoms with Crippen LogP contribution in [0.3, 0.4) is 0 Å². The van der Waals surface area contributed by atoms with Gasteiger partial charge in [0.2, 0.25) is 5.91 Å². The lowest BCUT2D eigenvalue weighted by atomic mass is 10.1. The fourth-order valence-corrected chi connectivity index (χ4v) is 2.49. The van der Waals surface area contributed by atoms with Crippen LogP contribution in [-0.4, -0.2) is 32.8 Å². The summed E-state index contributed by atoms with van der Waals surface area (Å²) in [7, 11) is 1.60. The van der Waals surface area contributed by atoms with Crippen LogP contribution in [0.4, 0.5) is 5.69 Å². The van der Waals surface area contributed by atoms with Gasteiger partial charge in [0.05, 0.1) is 7.11 Å². The Bertz CT molecular complexity index is 646. The smallest absolute Gasteiger partial charge is 0.246 e. The third-order valence-corrected chi connectivity index (χ3v) is 3.75. The molecule has 0 fully saturated rings. The predicted octanol–water partition coefficient (Wildman–Crippen LogP) is 3.39. The van der Waals surface area contributed by atoms with Crippen LogP contribution in [0.1, 0.15) is 24.9 Å². The normalized spacial score (nSPS) is 11.8. The molecule has 2 aromatic carbocycles. The first-order valence-corrected chi connectivity index (χ1v) is 8.55. The lowest BCUT2D eigenvalue weighted by molar-refractivity contribution is -0.118. The van der Waals surface area contributed by atoms with Crippen molar-refractivity contribution >= 4 is 11.6 Å². The number of amides is 1. The van der Waals surface area contributed by atoms with Crippen LogP contribution >= 0.6 is 0 Å². The van der Waals surface area contributed by atoms with Gasteiger partial charge in [-0.3, -0.25) is 4.79 Å². The van der Waals surface area contributed by atoms with E-state index in [1.54, 1.807) is 13.2 Å². The average Bonchev–Trinajstić information content (AvgIpc) is 2.65. The minimum absolute atomic E-state index is 0.101. The maximum absolute atomic E-state index is 12.8. The summed E-state index contributed by atoms with van der Waals surface area (Å²) >= 11 is 0. The fourth-order valence-electron chi connectivity index (χ4n) is 2.49. The van der Waals surface area contributed by atoms with Crippen molar-refractivity contribution in [2.24, 2.45) is 0 Å². The molecule has 2 aromatic rings. The molecule has 2 rings (SSSR count). The molecule has 0 aliphatic carbocycles. The third-order valence-electron chi connectivity index (χ3n) is 3.75. The van der Waals surface area contributed by atoms with Crippen LogP contribution in [-0.2, 0) is 9.53 Å². The molecule has 0 bridgehead atoms. The molecule has 0 saturated carbocycles. The van der Waals surface area contributed by atoms with E-state index in [0.29, 0.717) is 31.2 Å². The second-order valence-corrected chi connectivity index (χ2v) is 5.57. The molecule has 5 nitrogen and oxygen atoms in total. The Kier molecular flexibility index (Phi) is 7.95. The molecule has 0 aromatic heterocycles. The zero-order valence-corrected chi connectivity index (χ0v) is 14.8. The number of carbonyl (C=O) groups is 1. The number of hydrogen-bond acceptors (Lipinski definition) is 4. The van der Waals surface area contributed by atoms with Gasteiger partial charge in [-0.25, -0.2) is 0 Å². The standard InChI is InChI=1S/C20H26N2O3/c1-3-25-14-8-13-21-19(16-9-5-4-6-10-16)20(23)22-17-11-7-12-18(15-17)24-2/h4-7,9-12,15,19,21H,3,8,13-14H2,1-2H3,(H,22,23)/t19-/m1/s1. The van der Waals surface area contributed by atoms with Crippen LogP contribution in [0.15, 0.2) is 54.6 Å². The Hall–Kier alpha value is -2.37. The summed E-state index contributed by atoms with van der Waals surface area (Å²) in [5.41, 5.74) is 1.64. The molecule has 0 aliphatic heterocycles. The molecule has 0 saturated heterocycles. The molecular formula is C20H26N2O3. The van der Waals surface area contributed by atoms with Gasteiger partial charge in [0.1, 0.15) is 11.8 Å². The first-order valence-electron chi connectivity index (χ1n) is 8.55. The SMILES string of the molecule is CCOCCCN[C@@H](C(=O)Nc1cccc(OC)c1)c1ccccc1. The Morgan fingerprint density at radius 3 is 2.64 bits per heavy atom. The monoisotopic (exact) mass is 342 g/mol. The molecule has 0 unspecified atom stereocenters. The highest BCUT2D eigenvalue weighted by Gasteiger charge is 2.20. The number of hydrogen-bond donors (Lipinski definition) is 2. The van der Waals surface area contributed by atoms with E-state index in [1.165, 1.54) is 0 Å². The van der Waals surface area contributed by atoms with E-state index in [2.05, 4.69) is 10.6 Å². The highest BCUT2D eigenvalue weighted by molar-refractivity contribution is 5.95. The van der Waals surface area contributed by atoms with Crippen molar-refractivity contribution < 1.29 is 14.3 Å². The maximum Gasteiger partial charge on any atom is 0.246 e. The second kappa shape index (κ2) is 10.5. The van der Waals surface area contributed by atoms with Gasteiger partial charge in [-0.1, -0.05) is 36.4 Å². The maximum atomic E-state index is 12.8. The quantitative estimate of drug-likeness (QED) is 0.650. The summed E-state index contributed by atoms with van der Waals surface area (Å²) in [6, 6.07) is 16.6. The minimum Gasteiger partial charge on any atom is -0.497 e. The second-order valence-electron chi connectivity index (χ2n) is 5.57. The number of benzene rings is 2. The summed E-state index contributed by atoms with van der Waals surface area (Å²) in [4.78, 5) is 12.8. The van der Waals surface area contributed by atoms with Crippen LogP contribution in [0.5, 0.6) is 5.75 Å². The van der Waals surface area contributed by atoms with Gasteiger partial charge in [-0.2, -0.15) is 0 Å². The van der Waals surface area contributed by atoms with Crippen LogP contribution < -0.4 is 15.4 Å². The topological polar surface area (TPSA) is 59.6 Å². The average molecular weight is 342 g/mol. The Morgan fingerprint density at radius 2 is 1.92 bits per heavy atom. The molecule has 1 atom stereocenters.